The molecule has 0 N–H and O–H groups in total. The number of rotatable bonds is 2. The molecule has 0 nitrogen and oxygen atoms in total. The predicted octanol–water partition coefficient (Wildman–Crippen LogP) is 3.72. The van der Waals surface area contributed by atoms with Gasteiger partial charge >= 0.3 is 0 Å². The van der Waals surface area contributed by atoms with Crippen molar-refractivity contribution in [1.29, 1.82) is 0 Å². The minimum absolute atomic E-state index is 0.200. The minimum Gasteiger partial charge on any atom is -0.207 e. The quantitative estimate of drug-likeness (QED) is 0.602. The van der Waals surface area contributed by atoms with Crippen molar-refractivity contribution in [2.75, 3.05) is 0 Å². The van der Waals surface area contributed by atoms with Crippen LogP contribution < -0.4 is 0 Å². The Morgan fingerprint density at radius 2 is 2.15 bits per heavy atom. The van der Waals surface area contributed by atoms with Crippen molar-refractivity contribution < 1.29 is 4.39 Å². The van der Waals surface area contributed by atoms with Gasteiger partial charge in [0, 0.05) is 0 Å². The predicted molar refractivity (Wildman–Crippen MR) is 55.0 cm³/mol. The van der Waals surface area contributed by atoms with Crippen LogP contribution in [0, 0.1) is 12.7 Å². The summed E-state index contributed by atoms with van der Waals surface area (Å²) in [5, 5.41) is 0. The van der Waals surface area contributed by atoms with Crippen LogP contribution in [0.2, 0.25) is 0 Å². The second-order valence-electron chi connectivity index (χ2n) is 2.98. The van der Waals surface area contributed by atoms with E-state index in [1.165, 1.54) is 12.1 Å². The molecule has 0 saturated heterocycles. The summed E-state index contributed by atoms with van der Waals surface area (Å²) in [7, 11) is 0. The third-order valence-corrected chi connectivity index (χ3v) is 1.90. The fraction of sp³-hybridized carbons (Fsp3) is 0.167. The molecular weight excluding hydrogens is 163 g/mol. The summed E-state index contributed by atoms with van der Waals surface area (Å²) in [6.45, 7) is 7.71. The molecule has 0 fully saturated rings. The van der Waals surface area contributed by atoms with Crippen LogP contribution in [0.4, 0.5) is 4.39 Å². The maximum Gasteiger partial charge on any atom is 0.123 e. The maximum absolute atomic E-state index is 12.7. The minimum atomic E-state index is -0.200. The van der Waals surface area contributed by atoms with Crippen molar-refractivity contribution in [3.05, 3.63) is 53.9 Å². The van der Waals surface area contributed by atoms with Crippen molar-refractivity contribution >= 4 is 5.57 Å². The number of aryl methyl sites for hydroxylation is 1. The normalized spacial score (nSPS) is 10.7. The summed E-state index contributed by atoms with van der Waals surface area (Å²) in [6, 6.07) is 4.73. The van der Waals surface area contributed by atoms with Crippen molar-refractivity contribution in [1.82, 2.24) is 0 Å². The second-order valence-corrected chi connectivity index (χ2v) is 2.98. The van der Waals surface area contributed by atoms with E-state index >= 15 is 0 Å². The monoisotopic (exact) mass is 176 g/mol. The number of hydrogen-bond acceptors (Lipinski definition) is 0. The Morgan fingerprint density at radius 1 is 1.46 bits per heavy atom. The van der Waals surface area contributed by atoms with Gasteiger partial charge in [-0.2, -0.15) is 0 Å². The maximum atomic E-state index is 12.7. The van der Waals surface area contributed by atoms with Gasteiger partial charge in [-0.25, -0.2) is 4.39 Å². The molecule has 0 aromatic heterocycles. The number of benzene rings is 1. The van der Waals surface area contributed by atoms with Crippen LogP contribution in [0.15, 0.2) is 36.9 Å². The first-order valence-corrected chi connectivity index (χ1v) is 4.23. The fourth-order valence-electron chi connectivity index (χ4n) is 1.28. The smallest absolute Gasteiger partial charge is 0.123 e. The molecule has 0 unspecified atom stereocenters. The van der Waals surface area contributed by atoms with E-state index in [1.807, 2.05) is 26.0 Å². The van der Waals surface area contributed by atoms with Gasteiger partial charge in [0.2, 0.25) is 0 Å². The lowest BCUT2D eigenvalue weighted by Gasteiger charge is -2.04. The van der Waals surface area contributed by atoms with Crippen molar-refractivity contribution in [3.63, 3.8) is 0 Å². The molecule has 0 atom stereocenters. The van der Waals surface area contributed by atoms with Gasteiger partial charge in [-0.1, -0.05) is 24.8 Å². The Hall–Kier alpha value is -1.37. The molecule has 1 aromatic carbocycles. The molecule has 1 aromatic rings. The molecule has 0 saturated carbocycles. The van der Waals surface area contributed by atoms with E-state index in [4.69, 9.17) is 0 Å². The van der Waals surface area contributed by atoms with Gasteiger partial charge in [-0.15, -0.1) is 0 Å². The Bertz CT molecular complexity index is 348. The molecule has 0 bridgehead atoms. The lowest BCUT2D eigenvalue weighted by atomic mass is 10.0. The average molecular weight is 176 g/mol. The summed E-state index contributed by atoms with van der Waals surface area (Å²) in [4.78, 5) is 0. The third kappa shape index (κ3) is 2.28. The van der Waals surface area contributed by atoms with E-state index in [0.717, 1.165) is 16.7 Å². The molecule has 0 aliphatic heterocycles. The van der Waals surface area contributed by atoms with E-state index in [-0.39, 0.29) is 5.82 Å². The average Bonchev–Trinajstić information content (AvgIpc) is 2.04. The van der Waals surface area contributed by atoms with Crippen LogP contribution >= 0.6 is 0 Å². The first kappa shape index (κ1) is 9.72. The molecule has 0 aliphatic rings. The number of halogens is 1. The van der Waals surface area contributed by atoms with Crippen LogP contribution in [0.3, 0.4) is 0 Å². The fourth-order valence-corrected chi connectivity index (χ4v) is 1.28. The lowest BCUT2D eigenvalue weighted by molar-refractivity contribution is 0.626. The van der Waals surface area contributed by atoms with E-state index in [9.17, 15) is 4.39 Å². The molecule has 1 heteroatoms. The van der Waals surface area contributed by atoms with Crippen LogP contribution in [0.1, 0.15) is 18.1 Å². The highest BCUT2D eigenvalue weighted by Crippen LogP contribution is 2.19. The molecule has 0 amide bonds. The van der Waals surface area contributed by atoms with Gasteiger partial charge in [-0.05, 0) is 42.7 Å². The molecule has 68 valence electrons. The zero-order valence-electron chi connectivity index (χ0n) is 7.97. The van der Waals surface area contributed by atoms with Crippen molar-refractivity contribution in [2.45, 2.75) is 13.8 Å². The Balaban J connectivity index is 3.09. The van der Waals surface area contributed by atoms with Gasteiger partial charge in [0.25, 0.3) is 0 Å². The van der Waals surface area contributed by atoms with E-state index in [1.54, 1.807) is 6.07 Å². The lowest BCUT2D eigenvalue weighted by Crippen LogP contribution is -1.86. The van der Waals surface area contributed by atoms with Crippen molar-refractivity contribution in [2.24, 2.45) is 0 Å². The van der Waals surface area contributed by atoms with Crippen LogP contribution in [0.5, 0.6) is 0 Å². The second kappa shape index (κ2) is 4.04. The van der Waals surface area contributed by atoms with Gasteiger partial charge in [0.15, 0.2) is 0 Å². The molecule has 0 radical (unpaired) electrons. The van der Waals surface area contributed by atoms with Gasteiger partial charge in [0.1, 0.15) is 5.82 Å². The molecule has 0 heterocycles. The first-order chi connectivity index (χ1) is 6.15. The van der Waals surface area contributed by atoms with E-state index < -0.39 is 0 Å². The Morgan fingerprint density at radius 3 is 2.69 bits per heavy atom. The summed E-state index contributed by atoms with van der Waals surface area (Å²) in [5.74, 6) is -0.200. The van der Waals surface area contributed by atoms with Gasteiger partial charge in [0.05, 0.1) is 0 Å². The summed E-state index contributed by atoms with van der Waals surface area (Å²) < 4.78 is 12.7. The molecule has 1 rings (SSSR count). The highest BCUT2D eigenvalue weighted by Gasteiger charge is 2.00. The topological polar surface area (TPSA) is 0 Å². The number of hydrogen-bond donors (Lipinski definition) is 0. The Kier molecular flexibility index (Phi) is 3.02. The van der Waals surface area contributed by atoms with Gasteiger partial charge < -0.3 is 0 Å². The molecule has 13 heavy (non-hydrogen) atoms. The zero-order chi connectivity index (χ0) is 9.84. The SMILES string of the molecule is C=C(/C=C\C)c1ccc(F)cc1C. The third-order valence-electron chi connectivity index (χ3n) is 1.90. The largest absolute Gasteiger partial charge is 0.207 e. The van der Waals surface area contributed by atoms with Crippen LogP contribution in [-0.4, -0.2) is 0 Å². The first-order valence-electron chi connectivity index (χ1n) is 4.23. The molecular formula is C12H13F. The summed E-state index contributed by atoms with van der Waals surface area (Å²) >= 11 is 0. The van der Waals surface area contributed by atoms with Crippen LogP contribution in [0.25, 0.3) is 5.57 Å². The van der Waals surface area contributed by atoms with E-state index in [2.05, 4.69) is 6.58 Å². The standard InChI is InChI=1S/C12H13F/c1-4-5-9(2)12-7-6-11(13)8-10(12)3/h4-8H,2H2,1,3H3/b5-4-. The highest BCUT2D eigenvalue weighted by atomic mass is 19.1. The Labute approximate surface area is 78.4 Å². The van der Waals surface area contributed by atoms with E-state index in [0.29, 0.717) is 0 Å². The molecule has 0 aliphatic carbocycles. The van der Waals surface area contributed by atoms with Crippen molar-refractivity contribution in [3.8, 4) is 0 Å². The summed E-state index contributed by atoms with van der Waals surface area (Å²) in [5.41, 5.74) is 2.84. The highest BCUT2D eigenvalue weighted by molar-refractivity contribution is 5.73. The molecule has 0 spiro atoms. The summed E-state index contributed by atoms with van der Waals surface area (Å²) in [6.07, 6.45) is 3.84. The zero-order valence-corrected chi connectivity index (χ0v) is 7.97. The van der Waals surface area contributed by atoms with Gasteiger partial charge in [-0.3, -0.25) is 0 Å². The number of allylic oxidation sites excluding steroid dienone is 3. The van der Waals surface area contributed by atoms with Crippen LogP contribution in [-0.2, 0) is 0 Å².